The van der Waals surface area contributed by atoms with Crippen LogP contribution in [0.5, 0.6) is 0 Å². The average Bonchev–Trinajstić information content (AvgIpc) is 2.43. The second-order valence-corrected chi connectivity index (χ2v) is 3.43. The van der Waals surface area contributed by atoms with Crippen LogP contribution in [0.25, 0.3) is 0 Å². The fraction of sp³-hybridized carbons (Fsp3) is 0.800. The highest BCUT2D eigenvalue weighted by atomic mass is 16.4. The molecule has 0 aliphatic heterocycles. The van der Waals surface area contributed by atoms with Crippen molar-refractivity contribution in [3.63, 3.8) is 0 Å². The molecule has 0 aromatic heterocycles. The maximum atomic E-state index is 9.12. The van der Waals surface area contributed by atoms with Crippen LogP contribution in [0.15, 0.2) is 0 Å². The Kier molecular flexibility index (Phi) is 17.8. The molecule has 19 heavy (non-hydrogen) atoms. The average molecular weight is 286 g/mol. The van der Waals surface area contributed by atoms with Crippen LogP contribution in [0, 0.1) is 5.41 Å². The van der Waals surface area contributed by atoms with Crippen LogP contribution in [0.1, 0.15) is 13.3 Å². The first-order valence-corrected chi connectivity index (χ1v) is 5.27. The first kappa shape index (κ1) is 22.9. The molecule has 0 fully saturated rings. The summed E-state index contributed by atoms with van der Waals surface area (Å²) in [5.41, 5.74) is -0.667. The molecule has 9 nitrogen and oxygen atoms in total. The fourth-order valence-electron chi connectivity index (χ4n) is 0.485. The molecule has 0 rings (SSSR count). The maximum Gasteiger partial charge on any atom is 0.329 e. The van der Waals surface area contributed by atoms with E-state index in [1.54, 1.807) is 0 Å². The minimum Gasteiger partial charge on any atom is -0.480 e. The minimum absolute atomic E-state index is 0.156. The van der Waals surface area contributed by atoms with Crippen molar-refractivity contribution in [3.8, 4) is 0 Å². The Labute approximate surface area is 110 Å². The summed E-state index contributed by atoms with van der Waals surface area (Å²) in [5.74, 6) is -2.38. The summed E-state index contributed by atoms with van der Waals surface area (Å²) in [6.45, 7) is -0.202. The van der Waals surface area contributed by atoms with Crippen LogP contribution in [-0.4, -0.2) is 80.7 Å². The van der Waals surface area contributed by atoms with Crippen molar-refractivity contribution >= 4 is 11.9 Å². The zero-order chi connectivity index (χ0) is 15.9. The molecule has 0 aliphatic rings. The Morgan fingerprint density at radius 3 is 1.00 bits per heavy atom. The number of carboxylic acids is 2. The summed E-state index contributed by atoms with van der Waals surface area (Å²) in [6, 6.07) is 0. The Hall–Kier alpha value is -1.26. The zero-order valence-electron chi connectivity index (χ0n) is 10.7. The molecule has 0 aliphatic carbocycles. The van der Waals surface area contributed by atoms with Crippen LogP contribution < -0.4 is 0 Å². The molecule has 0 aromatic rings. The molecule has 0 heterocycles. The largest absolute Gasteiger partial charge is 0.480 e. The molecule has 0 spiro atoms. The van der Waals surface area contributed by atoms with Gasteiger partial charge in [-0.2, -0.15) is 0 Å². The second kappa shape index (κ2) is 14.8. The molecule has 7 N–H and O–H groups in total. The van der Waals surface area contributed by atoms with E-state index in [9.17, 15) is 0 Å². The van der Waals surface area contributed by atoms with Crippen LogP contribution >= 0.6 is 0 Å². The predicted molar refractivity (Wildman–Crippen MR) is 63.4 cm³/mol. The lowest BCUT2D eigenvalue weighted by molar-refractivity contribution is -0.141. The highest BCUT2D eigenvalue weighted by molar-refractivity contribution is 5.67. The van der Waals surface area contributed by atoms with Crippen LogP contribution in [0.2, 0.25) is 0 Å². The molecular weight excluding hydrogens is 264 g/mol. The highest BCUT2D eigenvalue weighted by Crippen LogP contribution is 2.18. The summed E-state index contributed by atoms with van der Waals surface area (Å²) in [7, 11) is 0. The van der Waals surface area contributed by atoms with E-state index in [1.807, 2.05) is 6.92 Å². The van der Waals surface area contributed by atoms with Gasteiger partial charge < -0.3 is 35.7 Å². The van der Waals surface area contributed by atoms with Gasteiger partial charge in [0.15, 0.2) is 0 Å². The smallest absolute Gasteiger partial charge is 0.329 e. The summed E-state index contributed by atoms with van der Waals surface area (Å²) in [6.07, 6.45) is 0.594. The number of carboxylic acid groups (broad SMARTS) is 2. The molecule has 0 atom stereocenters. The van der Waals surface area contributed by atoms with Gasteiger partial charge in [-0.1, -0.05) is 6.92 Å². The van der Waals surface area contributed by atoms with Gasteiger partial charge in [0.25, 0.3) is 0 Å². The van der Waals surface area contributed by atoms with E-state index in [2.05, 4.69) is 0 Å². The standard InChI is InChI=1S/C6H14O3.2C2H4O3/c1-2-6(3-7,4-8)5-9;2*3-1-2(4)5/h7-9H,2-5H2,1H3;2*3H,1H2,(H,4,5). The Morgan fingerprint density at radius 1 is 0.789 bits per heavy atom. The van der Waals surface area contributed by atoms with Gasteiger partial charge in [-0.25, -0.2) is 9.59 Å². The first-order chi connectivity index (χ1) is 8.78. The third kappa shape index (κ3) is 16.7. The van der Waals surface area contributed by atoms with Gasteiger partial charge in [-0.15, -0.1) is 0 Å². The monoisotopic (exact) mass is 286 g/mol. The van der Waals surface area contributed by atoms with E-state index in [0.29, 0.717) is 6.42 Å². The van der Waals surface area contributed by atoms with Gasteiger partial charge in [0.1, 0.15) is 13.2 Å². The lowest BCUT2D eigenvalue weighted by Gasteiger charge is -2.24. The van der Waals surface area contributed by atoms with E-state index >= 15 is 0 Å². The molecule has 0 unspecified atom stereocenters. The van der Waals surface area contributed by atoms with Crippen molar-refractivity contribution in [3.05, 3.63) is 0 Å². The van der Waals surface area contributed by atoms with Crippen molar-refractivity contribution in [2.24, 2.45) is 5.41 Å². The number of aliphatic hydroxyl groups excluding tert-OH is 5. The van der Waals surface area contributed by atoms with E-state index in [-0.39, 0.29) is 19.8 Å². The minimum atomic E-state index is -1.19. The molecule has 0 radical (unpaired) electrons. The Bertz CT molecular complexity index is 194. The highest BCUT2D eigenvalue weighted by Gasteiger charge is 2.24. The maximum absolute atomic E-state index is 9.12. The van der Waals surface area contributed by atoms with Crippen molar-refractivity contribution in [2.45, 2.75) is 13.3 Å². The third-order valence-corrected chi connectivity index (χ3v) is 2.03. The van der Waals surface area contributed by atoms with Crippen molar-refractivity contribution < 1.29 is 45.3 Å². The summed E-state index contributed by atoms with van der Waals surface area (Å²) in [5, 5.41) is 56.0. The van der Waals surface area contributed by atoms with Crippen LogP contribution in [0.4, 0.5) is 0 Å². The number of aliphatic carboxylic acids is 2. The quantitative estimate of drug-likeness (QED) is 0.278. The van der Waals surface area contributed by atoms with Gasteiger partial charge in [-0.3, -0.25) is 0 Å². The van der Waals surface area contributed by atoms with Gasteiger partial charge in [0, 0.05) is 5.41 Å². The Balaban J connectivity index is -0.000000219. The zero-order valence-corrected chi connectivity index (χ0v) is 10.7. The molecule has 0 aromatic carbocycles. The number of carbonyl (C=O) groups is 2. The number of hydrogen-bond donors (Lipinski definition) is 7. The molecule has 0 saturated heterocycles. The summed E-state index contributed by atoms with van der Waals surface area (Å²) >= 11 is 0. The van der Waals surface area contributed by atoms with Crippen LogP contribution in [0.3, 0.4) is 0 Å². The summed E-state index contributed by atoms with van der Waals surface area (Å²) in [4.78, 5) is 18.2. The van der Waals surface area contributed by atoms with Gasteiger partial charge in [0.05, 0.1) is 19.8 Å². The van der Waals surface area contributed by atoms with Crippen molar-refractivity contribution in [1.29, 1.82) is 0 Å². The van der Waals surface area contributed by atoms with Crippen molar-refractivity contribution in [1.82, 2.24) is 0 Å². The normalized spacial score (nSPS) is 9.58. The summed E-state index contributed by atoms with van der Waals surface area (Å²) < 4.78 is 0. The molecule has 0 saturated carbocycles. The number of hydrogen-bond acceptors (Lipinski definition) is 7. The van der Waals surface area contributed by atoms with Crippen molar-refractivity contribution in [2.75, 3.05) is 33.0 Å². The molecule has 9 heteroatoms. The molecule has 0 amide bonds. The van der Waals surface area contributed by atoms with Gasteiger partial charge in [-0.05, 0) is 6.42 Å². The molecular formula is C10H22O9. The van der Waals surface area contributed by atoms with E-state index < -0.39 is 30.6 Å². The van der Waals surface area contributed by atoms with E-state index in [0.717, 1.165) is 0 Å². The fourth-order valence-corrected chi connectivity index (χ4v) is 0.485. The van der Waals surface area contributed by atoms with Gasteiger partial charge in [0.2, 0.25) is 0 Å². The Morgan fingerprint density at radius 2 is 1.00 bits per heavy atom. The molecule has 0 bridgehead atoms. The van der Waals surface area contributed by atoms with Gasteiger partial charge >= 0.3 is 11.9 Å². The number of rotatable bonds is 6. The SMILES string of the molecule is CCC(CO)(CO)CO.O=C(O)CO.O=C(O)CO. The van der Waals surface area contributed by atoms with Crippen LogP contribution in [-0.2, 0) is 9.59 Å². The lowest BCUT2D eigenvalue weighted by Crippen LogP contribution is -2.32. The predicted octanol–water partition coefficient (Wildman–Crippen LogP) is -2.51. The first-order valence-electron chi connectivity index (χ1n) is 5.27. The second-order valence-electron chi connectivity index (χ2n) is 3.43. The molecule has 116 valence electrons. The number of aliphatic hydroxyl groups is 5. The topological polar surface area (TPSA) is 176 Å². The third-order valence-electron chi connectivity index (χ3n) is 2.03. The lowest BCUT2D eigenvalue weighted by atomic mass is 9.88. The van der Waals surface area contributed by atoms with E-state index in [1.165, 1.54) is 0 Å². The van der Waals surface area contributed by atoms with E-state index in [4.69, 9.17) is 45.3 Å².